The summed E-state index contributed by atoms with van der Waals surface area (Å²) in [7, 11) is 0. The van der Waals surface area contributed by atoms with E-state index in [1.807, 2.05) is 11.8 Å². The number of Topliss-reactive ketones (excluding diaryl/α,β-unsaturated/α-hetero) is 1. The Labute approximate surface area is 168 Å². The maximum Gasteiger partial charge on any atom is 0.162 e. The van der Waals surface area contributed by atoms with E-state index < -0.39 is 17.7 Å². The fraction of sp³-hybridized carbons (Fsp3) is 0.409. The molecule has 0 spiro atoms. The number of halogens is 2. The number of ether oxygens (including phenoxy) is 2. The Hall–Kier alpha value is -2.35. The Balaban J connectivity index is 1.49. The van der Waals surface area contributed by atoms with Crippen LogP contribution >= 0.6 is 0 Å². The van der Waals surface area contributed by atoms with Crippen molar-refractivity contribution in [3.8, 4) is 5.75 Å². The molecule has 0 saturated carbocycles. The molecule has 1 heterocycles. The lowest BCUT2D eigenvalue weighted by Crippen LogP contribution is -2.43. The number of carbonyl (C=O) groups is 1. The second-order valence-electron chi connectivity index (χ2n) is 7.06. The smallest absolute Gasteiger partial charge is 0.162 e. The van der Waals surface area contributed by atoms with Gasteiger partial charge in [0.05, 0.1) is 12.7 Å². The van der Waals surface area contributed by atoms with Crippen LogP contribution in [0.5, 0.6) is 5.75 Å². The maximum atomic E-state index is 13.5. The van der Waals surface area contributed by atoms with Gasteiger partial charge in [-0.25, -0.2) is 8.78 Å². The third-order valence-electron chi connectivity index (χ3n) is 4.87. The van der Waals surface area contributed by atoms with E-state index in [9.17, 15) is 18.7 Å². The number of aliphatic hydroxyl groups is 1. The topological polar surface area (TPSA) is 59.0 Å². The van der Waals surface area contributed by atoms with Gasteiger partial charge in [0.25, 0.3) is 0 Å². The van der Waals surface area contributed by atoms with Crippen molar-refractivity contribution >= 4 is 5.78 Å². The molecule has 2 atom stereocenters. The van der Waals surface area contributed by atoms with Crippen LogP contribution in [0.25, 0.3) is 0 Å². The zero-order chi connectivity index (χ0) is 20.8. The van der Waals surface area contributed by atoms with Crippen molar-refractivity contribution < 1.29 is 28.2 Å². The molecule has 1 fully saturated rings. The minimum atomic E-state index is -0.900. The van der Waals surface area contributed by atoms with Gasteiger partial charge in [0.2, 0.25) is 0 Å². The van der Waals surface area contributed by atoms with Gasteiger partial charge < -0.3 is 14.6 Å². The molecule has 1 saturated heterocycles. The molecule has 3 rings (SSSR count). The average Bonchev–Trinajstić information content (AvgIpc) is 2.74. The number of ketones is 1. The van der Waals surface area contributed by atoms with E-state index in [2.05, 4.69) is 0 Å². The quantitative estimate of drug-likeness (QED) is 0.683. The number of hydrogen-bond acceptors (Lipinski definition) is 5. The molecule has 156 valence electrons. The normalized spacial score (nSPS) is 18.4. The Morgan fingerprint density at radius 3 is 2.69 bits per heavy atom. The van der Waals surface area contributed by atoms with Gasteiger partial charge in [0, 0.05) is 31.6 Å². The monoisotopic (exact) mass is 405 g/mol. The molecule has 2 aromatic carbocycles. The predicted molar refractivity (Wildman–Crippen MR) is 104 cm³/mol. The number of nitrogens with zero attached hydrogens (tertiary/aromatic N) is 1. The molecule has 0 aromatic heterocycles. The molecule has 2 aromatic rings. The number of benzene rings is 2. The summed E-state index contributed by atoms with van der Waals surface area (Å²) in [5, 5.41) is 10.3. The van der Waals surface area contributed by atoms with E-state index in [1.54, 1.807) is 24.3 Å². The Bertz CT molecular complexity index is 828. The molecule has 0 amide bonds. The summed E-state index contributed by atoms with van der Waals surface area (Å²) < 4.78 is 37.9. The molecule has 1 aliphatic heterocycles. The van der Waals surface area contributed by atoms with Crippen molar-refractivity contribution in [1.29, 1.82) is 0 Å². The molecule has 0 radical (unpaired) electrons. The predicted octanol–water partition coefficient (Wildman–Crippen LogP) is 3.37. The maximum absolute atomic E-state index is 13.5. The lowest BCUT2D eigenvalue weighted by atomic mass is 10.1. The highest BCUT2D eigenvalue weighted by atomic mass is 19.2. The standard InChI is InChI=1S/C22H25F2NO4/c1-2-21(27)15-3-6-18(7-4-15)29-14-17(26)12-25-9-10-28-22(13-25)16-5-8-19(23)20(24)11-16/h3-8,11,17,22,26H,2,9-10,12-14H2,1H3. The van der Waals surface area contributed by atoms with Crippen molar-refractivity contribution in [2.75, 3.05) is 32.8 Å². The van der Waals surface area contributed by atoms with E-state index in [-0.39, 0.29) is 18.5 Å². The highest BCUT2D eigenvalue weighted by Crippen LogP contribution is 2.24. The molecular formula is C22H25F2NO4. The van der Waals surface area contributed by atoms with Gasteiger partial charge in [-0.3, -0.25) is 9.69 Å². The molecule has 0 aliphatic carbocycles. The zero-order valence-electron chi connectivity index (χ0n) is 16.3. The van der Waals surface area contributed by atoms with Gasteiger partial charge in [-0.1, -0.05) is 13.0 Å². The molecule has 1 N–H and O–H groups in total. The van der Waals surface area contributed by atoms with Crippen LogP contribution in [-0.2, 0) is 4.74 Å². The molecule has 0 bridgehead atoms. The van der Waals surface area contributed by atoms with Crippen LogP contribution < -0.4 is 4.74 Å². The molecule has 1 aliphatic rings. The largest absolute Gasteiger partial charge is 0.491 e. The van der Waals surface area contributed by atoms with E-state index in [0.29, 0.717) is 49.5 Å². The number of carbonyl (C=O) groups excluding carboxylic acids is 1. The van der Waals surface area contributed by atoms with Crippen LogP contribution in [0.4, 0.5) is 8.78 Å². The summed E-state index contributed by atoms with van der Waals surface area (Å²) in [4.78, 5) is 13.6. The van der Waals surface area contributed by atoms with E-state index >= 15 is 0 Å². The van der Waals surface area contributed by atoms with E-state index in [0.717, 1.165) is 12.1 Å². The first-order valence-electron chi connectivity index (χ1n) is 9.69. The summed E-state index contributed by atoms with van der Waals surface area (Å²) in [5.41, 5.74) is 1.21. The van der Waals surface area contributed by atoms with Gasteiger partial charge in [-0.2, -0.15) is 0 Å². The first kappa shape index (κ1) is 21.4. The highest BCUT2D eigenvalue weighted by Gasteiger charge is 2.24. The number of β-amino-alcohol motifs (C(OH)–C–C–N with tert-alkyl or cyclic N) is 1. The number of morpholine rings is 1. The third-order valence-corrected chi connectivity index (χ3v) is 4.87. The SMILES string of the molecule is CCC(=O)c1ccc(OCC(O)CN2CCOC(c3ccc(F)c(F)c3)C2)cc1. The number of aliphatic hydroxyl groups excluding tert-OH is 1. The van der Waals surface area contributed by atoms with E-state index in [4.69, 9.17) is 9.47 Å². The van der Waals surface area contributed by atoms with Crippen molar-refractivity contribution in [3.63, 3.8) is 0 Å². The molecule has 29 heavy (non-hydrogen) atoms. The zero-order valence-corrected chi connectivity index (χ0v) is 16.3. The molecular weight excluding hydrogens is 380 g/mol. The van der Waals surface area contributed by atoms with Gasteiger partial charge in [-0.15, -0.1) is 0 Å². The van der Waals surface area contributed by atoms with Gasteiger partial charge in [-0.05, 0) is 42.0 Å². The van der Waals surface area contributed by atoms with Crippen LogP contribution in [-0.4, -0.2) is 54.7 Å². The fourth-order valence-corrected chi connectivity index (χ4v) is 3.27. The van der Waals surface area contributed by atoms with Crippen molar-refractivity contribution in [2.45, 2.75) is 25.6 Å². The van der Waals surface area contributed by atoms with Gasteiger partial charge in [0.15, 0.2) is 17.4 Å². The van der Waals surface area contributed by atoms with Crippen molar-refractivity contribution in [2.24, 2.45) is 0 Å². The fourth-order valence-electron chi connectivity index (χ4n) is 3.27. The highest BCUT2D eigenvalue weighted by molar-refractivity contribution is 5.95. The minimum Gasteiger partial charge on any atom is -0.491 e. The second kappa shape index (κ2) is 9.91. The first-order valence-corrected chi connectivity index (χ1v) is 9.69. The second-order valence-corrected chi connectivity index (χ2v) is 7.06. The van der Waals surface area contributed by atoms with Crippen LogP contribution in [0.15, 0.2) is 42.5 Å². The molecule has 5 nitrogen and oxygen atoms in total. The molecule has 7 heteroatoms. The third kappa shape index (κ3) is 5.82. The lowest BCUT2D eigenvalue weighted by Gasteiger charge is -2.34. The summed E-state index contributed by atoms with van der Waals surface area (Å²) in [5.74, 6) is -1.14. The minimum absolute atomic E-state index is 0.0690. The van der Waals surface area contributed by atoms with Gasteiger partial charge >= 0.3 is 0 Å². The average molecular weight is 405 g/mol. The van der Waals surface area contributed by atoms with Crippen LogP contribution in [0.2, 0.25) is 0 Å². The molecule has 2 unspecified atom stereocenters. The van der Waals surface area contributed by atoms with E-state index in [1.165, 1.54) is 6.07 Å². The van der Waals surface area contributed by atoms with Crippen molar-refractivity contribution in [1.82, 2.24) is 4.90 Å². The Kier molecular flexibility index (Phi) is 7.30. The number of rotatable bonds is 8. The van der Waals surface area contributed by atoms with Crippen molar-refractivity contribution in [3.05, 3.63) is 65.2 Å². The van der Waals surface area contributed by atoms with Crippen LogP contribution in [0.3, 0.4) is 0 Å². The van der Waals surface area contributed by atoms with Crippen LogP contribution in [0, 0.1) is 11.6 Å². The summed E-state index contributed by atoms with van der Waals surface area (Å²) in [6.07, 6.45) is -0.657. The van der Waals surface area contributed by atoms with Crippen LogP contribution in [0.1, 0.15) is 35.4 Å². The number of hydrogen-bond donors (Lipinski definition) is 1. The summed E-state index contributed by atoms with van der Waals surface area (Å²) in [6.45, 7) is 3.82. The Morgan fingerprint density at radius 1 is 1.24 bits per heavy atom. The first-order chi connectivity index (χ1) is 14.0. The van der Waals surface area contributed by atoms with Gasteiger partial charge in [0.1, 0.15) is 18.5 Å². The summed E-state index contributed by atoms with van der Waals surface area (Å²) in [6, 6.07) is 10.6. The summed E-state index contributed by atoms with van der Waals surface area (Å²) >= 11 is 0. The lowest BCUT2D eigenvalue weighted by molar-refractivity contribution is -0.0460. The Morgan fingerprint density at radius 2 is 2.00 bits per heavy atom.